The second kappa shape index (κ2) is 5.58. The Kier molecular flexibility index (Phi) is 4.11. The van der Waals surface area contributed by atoms with Crippen molar-refractivity contribution >= 4 is 0 Å². The summed E-state index contributed by atoms with van der Waals surface area (Å²) in [5.41, 5.74) is 2.61. The Labute approximate surface area is 139 Å². The van der Waals surface area contributed by atoms with E-state index in [0.717, 1.165) is 17.5 Å². The maximum absolute atomic E-state index is 10.8. The molecule has 3 rings (SSSR count). The van der Waals surface area contributed by atoms with Gasteiger partial charge in [-0.05, 0) is 53.2 Å². The summed E-state index contributed by atoms with van der Waals surface area (Å²) in [6, 6.07) is 6.34. The van der Waals surface area contributed by atoms with Crippen LogP contribution in [0, 0.1) is 11.3 Å². The van der Waals surface area contributed by atoms with Crippen molar-refractivity contribution in [2.75, 3.05) is 6.61 Å². The van der Waals surface area contributed by atoms with Gasteiger partial charge in [-0.2, -0.15) is 0 Å². The molecule has 5 atom stereocenters. The predicted molar refractivity (Wildman–Crippen MR) is 91.4 cm³/mol. The molecule has 1 aromatic carbocycles. The van der Waals surface area contributed by atoms with Crippen LogP contribution in [0.15, 0.2) is 18.2 Å². The molecule has 1 fully saturated rings. The topological polar surface area (TPSA) is 60.7 Å². The van der Waals surface area contributed by atoms with Gasteiger partial charge in [0.1, 0.15) is 0 Å². The van der Waals surface area contributed by atoms with Gasteiger partial charge in [0.05, 0.1) is 12.2 Å². The van der Waals surface area contributed by atoms with Crippen molar-refractivity contribution in [2.24, 2.45) is 11.3 Å². The second-order valence-electron chi connectivity index (χ2n) is 8.45. The molecule has 0 unspecified atom stereocenters. The van der Waals surface area contributed by atoms with Gasteiger partial charge in [-0.25, -0.2) is 0 Å². The van der Waals surface area contributed by atoms with E-state index in [1.54, 1.807) is 0 Å². The summed E-state index contributed by atoms with van der Waals surface area (Å²) in [4.78, 5) is 0. The number of aliphatic hydroxyl groups excluding tert-OH is 3. The lowest BCUT2D eigenvalue weighted by atomic mass is 9.48. The van der Waals surface area contributed by atoms with E-state index in [1.807, 2.05) is 0 Å². The van der Waals surface area contributed by atoms with Gasteiger partial charge in [0, 0.05) is 12.0 Å². The molecule has 0 aromatic heterocycles. The molecule has 1 aromatic rings. The summed E-state index contributed by atoms with van der Waals surface area (Å²) < 4.78 is 0. The van der Waals surface area contributed by atoms with Crippen LogP contribution < -0.4 is 0 Å². The summed E-state index contributed by atoms with van der Waals surface area (Å²) in [6.07, 6.45) is 1.17. The van der Waals surface area contributed by atoms with Crippen LogP contribution in [-0.4, -0.2) is 28.0 Å². The third-order valence-corrected chi connectivity index (χ3v) is 6.75. The van der Waals surface area contributed by atoms with Gasteiger partial charge >= 0.3 is 0 Å². The molecule has 2 aliphatic carbocycles. The quantitative estimate of drug-likeness (QED) is 0.784. The van der Waals surface area contributed by atoms with Crippen LogP contribution in [0.2, 0.25) is 0 Å². The SMILES string of the molecule is CC(C)c1ccc2c(c1)[C@H](O)C[C@H]1[C@](C)(CO)CC[C@H](O)[C@]21C. The van der Waals surface area contributed by atoms with Crippen LogP contribution in [0.25, 0.3) is 0 Å². The molecule has 3 nitrogen and oxygen atoms in total. The highest BCUT2D eigenvalue weighted by atomic mass is 16.3. The Hall–Kier alpha value is -0.900. The van der Waals surface area contributed by atoms with E-state index < -0.39 is 17.6 Å². The van der Waals surface area contributed by atoms with Crippen molar-refractivity contribution in [1.82, 2.24) is 0 Å². The zero-order valence-electron chi connectivity index (χ0n) is 14.7. The normalized spacial score (nSPS) is 39.9. The van der Waals surface area contributed by atoms with Crippen molar-refractivity contribution in [3.8, 4) is 0 Å². The smallest absolute Gasteiger partial charge is 0.0796 e. The number of fused-ring (bicyclic) bond motifs is 3. The highest BCUT2D eigenvalue weighted by molar-refractivity contribution is 5.44. The van der Waals surface area contributed by atoms with Gasteiger partial charge in [-0.15, -0.1) is 0 Å². The van der Waals surface area contributed by atoms with Crippen LogP contribution in [0.4, 0.5) is 0 Å². The number of aliphatic hydroxyl groups is 3. The summed E-state index contributed by atoms with van der Waals surface area (Å²) in [5.74, 6) is 0.494. The summed E-state index contributed by atoms with van der Waals surface area (Å²) in [5, 5.41) is 31.6. The minimum absolute atomic E-state index is 0.0798. The largest absolute Gasteiger partial charge is 0.396 e. The first kappa shape index (κ1) is 16.9. The van der Waals surface area contributed by atoms with E-state index in [1.165, 1.54) is 5.56 Å². The van der Waals surface area contributed by atoms with Crippen LogP contribution in [0.5, 0.6) is 0 Å². The van der Waals surface area contributed by atoms with E-state index in [2.05, 4.69) is 45.9 Å². The van der Waals surface area contributed by atoms with Gasteiger partial charge in [0.25, 0.3) is 0 Å². The van der Waals surface area contributed by atoms with E-state index in [9.17, 15) is 15.3 Å². The first-order valence-electron chi connectivity index (χ1n) is 8.85. The standard InChI is InChI=1S/C20H30O3/c1-12(2)13-5-6-15-14(9-13)16(22)10-17-19(3,11-21)8-7-18(23)20(15,17)4/h5-6,9,12,16-18,21-23H,7-8,10-11H2,1-4H3/t16-,17+,18+,19+,20-/m1/s1. The van der Waals surface area contributed by atoms with Crippen molar-refractivity contribution in [1.29, 1.82) is 0 Å². The Morgan fingerprint density at radius 2 is 1.91 bits per heavy atom. The molecule has 0 bridgehead atoms. The Morgan fingerprint density at radius 3 is 2.52 bits per heavy atom. The minimum Gasteiger partial charge on any atom is -0.396 e. The zero-order chi connectivity index (χ0) is 17.0. The van der Waals surface area contributed by atoms with Crippen LogP contribution in [0.3, 0.4) is 0 Å². The molecule has 0 aliphatic heterocycles. The average molecular weight is 318 g/mol. The van der Waals surface area contributed by atoms with Crippen molar-refractivity contribution in [3.63, 3.8) is 0 Å². The number of hydrogen-bond acceptors (Lipinski definition) is 3. The van der Waals surface area contributed by atoms with Crippen LogP contribution >= 0.6 is 0 Å². The molecular formula is C20H30O3. The van der Waals surface area contributed by atoms with E-state index in [0.29, 0.717) is 18.8 Å². The highest BCUT2D eigenvalue weighted by Gasteiger charge is 2.57. The van der Waals surface area contributed by atoms with E-state index in [4.69, 9.17) is 0 Å². The Balaban J connectivity index is 2.16. The minimum atomic E-state index is -0.516. The molecule has 1 saturated carbocycles. The summed E-state index contributed by atoms with van der Waals surface area (Å²) in [7, 11) is 0. The van der Waals surface area contributed by atoms with E-state index >= 15 is 0 Å². The first-order valence-corrected chi connectivity index (χ1v) is 8.85. The summed E-state index contributed by atoms with van der Waals surface area (Å²) in [6.45, 7) is 8.63. The molecule has 0 spiro atoms. The fraction of sp³-hybridized carbons (Fsp3) is 0.700. The van der Waals surface area contributed by atoms with Crippen molar-refractivity contribution in [3.05, 3.63) is 34.9 Å². The molecule has 23 heavy (non-hydrogen) atoms. The Morgan fingerprint density at radius 1 is 1.22 bits per heavy atom. The molecule has 128 valence electrons. The average Bonchev–Trinajstić information content (AvgIpc) is 2.54. The number of hydrogen-bond donors (Lipinski definition) is 3. The maximum atomic E-state index is 10.8. The number of rotatable bonds is 2. The summed E-state index contributed by atoms with van der Waals surface area (Å²) >= 11 is 0. The highest BCUT2D eigenvalue weighted by Crippen LogP contribution is 2.59. The molecule has 0 saturated heterocycles. The van der Waals surface area contributed by atoms with Crippen LogP contribution in [-0.2, 0) is 5.41 Å². The van der Waals surface area contributed by atoms with Crippen LogP contribution in [0.1, 0.15) is 75.7 Å². The lowest BCUT2D eigenvalue weighted by molar-refractivity contribution is -0.103. The molecule has 0 heterocycles. The second-order valence-corrected chi connectivity index (χ2v) is 8.45. The monoisotopic (exact) mass is 318 g/mol. The third-order valence-electron chi connectivity index (χ3n) is 6.75. The van der Waals surface area contributed by atoms with Gasteiger partial charge in [-0.3, -0.25) is 0 Å². The van der Waals surface area contributed by atoms with Gasteiger partial charge < -0.3 is 15.3 Å². The van der Waals surface area contributed by atoms with Gasteiger partial charge in [0.2, 0.25) is 0 Å². The molecule has 0 radical (unpaired) electrons. The molecule has 3 heteroatoms. The van der Waals surface area contributed by atoms with Gasteiger partial charge in [-0.1, -0.05) is 45.9 Å². The molecule has 0 amide bonds. The van der Waals surface area contributed by atoms with E-state index in [-0.39, 0.29) is 17.9 Å². The fourth-order valence-electron chi connectivity index (χ4n) is 5.04. The predicted octanol–water partition coefficient (Wildman–Crippen LogP) is 3.27. The first-order chi connectivity index (χ1) is 10.7. The fourth-order valence-corrected chi connectivity index (χ4v) is 5.04. The third kappa shape index (κ3) is 2.36. The maximum Gasteiger partial charge on any atom is 0.0796 e. The zero-order valence-corrected chi connectivity index (χ0v) is 14.7. The molecule has 2 aliphatic rings. The van der Waals surface area contributed by atoms with Gasteiger partial charge in [0.15, 0.2) is 0 Å². The van der Waals surface area contributed by atoms with Crippen molar-refractivity contribution in [2.45, 2.75) is 70.5 Å². The Bertz CT molecular complexity index is 597. The molecular weight excluding hydrogens is 288 g/mol. The lowest BCUT2D eigenvalue weighted by Gasteiger charge is -2.57. The lowest BCUT2D eigenvalue weighted by Crippen LogP contribution is -2.57. The molecule has 3 N–H and O–H groups in total. The van der Waals surface area contributed by atoms with Crippen molar-refractivity contribution < 1.29 is 15.3 Å². The number of benzene rings is 1.